The Morgan fingerprint density at radius 3 is 3.16 bits per heavy atom. The molecule has 1 fully saturated rings. The van der Waals surface area contributed by atoms with Crippen LogP contribution >= 0.6 is 11.3 Å². The van der Waals surface area contributed by atoms with E-state index in [-0.39, 0.29) is 17.9 Å². The van der Waals surface area contributed by atoms with Gasteiger partial charge in [0.15, 0.2) is 0 Å². The molecule has 2 heterocycles. The summed E-state index contributed by atoms with van der Waals surface area (Å²) >= 11 is 1.60. The molecule has 1 N–H and O–H groups in total. The number of carbonyl (C=O) groups is 2. The van der Waals surface area contributed by atoms with Gasteiger partial charge in [0.25, 0.3) is 0 Å². The van der Waals surface area contributed by atoms with Crippen LogP contribution in [0.1, 0.15) is 17.7 Å². The van der Waals surface area contributed by atoms with E-state index in [0.717, 1.165) is 4.88 Å². The minimum Gasteiger partial charge on any atom is -0.383 e. The van der Waals surface area contributed by atoms with Gasteiger partial charge in [-0.2, -0.15) is 0 Å². The third kappa shape index (κ3) is 3.54. The van der Waals surface area contributed by atoms with Crippen molar-refractivity contribution in [3.8, 4) is 0 Å². The SMILES string of the molecule is COCCNC(=O)[C@@H]1CCC(=O)N1Cc1cccs1. The van der Waals surface area contributed by atoms with E-state index in [4.69, 9.17) is 4.74 Å². The van der Waals surface area contributed by atoms with E-state index in [2.05, 4.69) is 5.32 Å². The molecule has 0 unspecified atom stereocenters. The van der Waals surface area contributed by atoms with Gasteiger partial charge in [-0.25, -0.2) is 0 Å². The third-order valence-electron chi connectivity index (χ3n) is 3.14. The number of carbonyl (C=O) groups excluding carboxylic acids is 2. The van der Waals surface area contributed by atoms with E-state index in [9.17, 15) is 9.59 Å². The van der Waals surface area contributed by atoms with Crippen molar-refractivity contribution in [1.29, 1.82) is 0 Å². The number of amides is 2. The zero-order chi connectivity index (χ0) is 13.7. The first-order valence-corrected chi connectivity index (χ1v) is 7.19. The Hall–Kier alpha value is -1.40. The van der Waals surface area contributed by atoms with Crippen LogP contribution in [-0.2, 0) is 20.9 Å². The average molecular weight is 282 g/mol. The van der Waals surface area contributed by atoms with Crippen molar-refractivity contribution in [1.82, 2.24) is 10.2 Å². The predicted octanol–water partition coefficient (Wildman–Crippen LogP) is 1.00. The fourth-order valence-corrected chi connectivity index (χ4v) is 2.87. The molecule has 1 aromatic heterocycles. The molecule has 0 aromatic carbocycles. The lowest BCUT2D eigenvalue weighted by Gasteiger charge is -2.23. The second-order valence-electron chi connectivity index (χ2n) is 4.44. The van der Waals surface area contributed by atoms with Crippen molar-refractivity contribution >= 4 is 23.2 Å². The van der Waals surface area contributed by atoms with E-state index >= 15 is 0 Å². The molecule has 2 amide bonds. The van der Waals surface area contributed by atoms with Gasteiger partial charge in [-0.15, -0.1) is 11.3 Å². The van der Waals surface area contributed by atoms with Crippen molar-refractivity contribution in [3.63, 3.8) is 0 Å². The normalized spacial score (nSPS) is 18.9. The molecule has 0 radical (unpaired) electrons. The predicted molar refractivity (Wildman–Crippen MR) is 72.8 cm³/mol. The van der Waals surface area contributed by atoms with Gasteiger partial charge < -0.3 is 15.0 Å². The van der Waals surface area contributed by atoms with Gasteiger partial charge in [0.05, 0.1) is 13.2 Å². The van der Waals surface area contributed by atoms with Crippen molar-refractivity contribution in [2.24, 2.45) is 0 Å². The molecule has 1 aromatic rings. The van der Waals surface area contributed by atoms with Crippen molar-refractivity contribution in [3.05, 3.63) is 22.4 Å². The topological polar surface area (TPSA) is 58.6 Å². The molecule has 0 saturated carbocycles. The largest absolute Gasteiger partial charge is 0.383 e. The maximum atomic E-state index is 12.0. The van der Waals surface area contributed by atoms with Crippen LogP contribution in [0.15, 0.2) is 17.5 Å². The lowest BCUT2D eigenvalue weighted by Crippen LogP contribution is -2.45. The Morgan fingerprint density at radius 2 is 2.47 bits per heavy atom. The summed E-state index contributed by atoms with van der Waals surface area (Å²) in [5.41, 5.74) is 0. The number of likely N-dealkylation sites (tertiary alicyclic amines) is 1. The highest BCUT2D eigenvalue weighted by molar-refractivity contribution is 7.09. The molecule has 1 saturated heterocycles. The first-order chi connectivity index (χ1) is 9.22. The van der Waals surface area contributed by atoms with Gasteiger partial charge in [-0.3, -0.25) is 9.59 Å². The molecule has 1 aliphatic rings. The zero-order valence-electron chi connectivity index (χ0n) is 10.9. The number of hydrogen-bond donors (Lipinski definition) is 1. The Kier molecular flexibility index (Phi) is 4.93. The molecule has 1 atom stereocenters. The summed E-state index contributed by atoms with van der Waals surface area (Å²) in [7, 11) is 1.59. The summed E-state index contributed by atoms with van der Waals surface area (Å²) in [6, 6.07) is 3.59. The Labute approximate surface area is 116 Å². The maximum Gasteiger partial charge on any atom is 0.242 e. The van der Waals surface area contributed by atoms with Gasteiger partial charge >= 0.3 is 0 Å². The van der Waals surface area contributed by atoms with Crippen LogP contribution in [-0.4, -0.2) is 43.0 Å². The second kappa shape index (κ2) is 6.68. The number of nitrogens with zero attached hydrogens (tertiary/aromatic N) is 1. The second-order valence-corrected chi connectivity index (χ2v) is 5.47. The Bertz CT molecular complexity index is 433. The highest BCUT2D eigenvalue weighted by atomic mass is 32.1. The summed E-state index contributed by atoms with van der Waals surface area (Å²) < 4.78 is 4.89. The summed E-state index contributed by atoms with van der Waals surface area (Å²) in [6.45, 7) is 1.49. The van der Waals surface area contributed by atoms with Crippen LogP contribution in [0.3, 0.4) is 0 Å². The molecule has 0 bridgehead atoms. The number of ether oxygens (including phenoxy) is 1. The van der Waals surface area contributed by atoms with E-state index in [1.807, 2.05) is 17.5 Å². The van der Waals surface area contributed by atoms with Gasteiger partial charge in [0.2, 0.25) is 11.8 Å². The molecular formula is C13H18N2O3S. The summed E-state index contributed by atoms with van der Waals surface area (Å²) in [5.74, 6) is -0.0280. The molecule has 104 valence electrons. The van der Waals surface area contributed by atoms with E-state index < -0.39 is 0 Å². The summed E-state index contributed by atoms with van der Waals surface area (Å²) in [6.07, 6.45) is 1.05. The van der Waals surface area contributed by atoms with Crippen LogP contribution in [0.5, 0.6) is 0 Å². The zero-order valence-corrected chi connectivity index (χ0v) is 11.7. The van der Waals surface area contributed by atoms with Gasteiger partial charge in [-0.1, -0.05) is 6.07 Å². The molecular weight excluding hydrogens is 264 g/mol. The molecule has 2 rings (SSSR count). The van der Waals surface area contributed by atoms with E-state index in [1.165, 1.54) is 0 Å². The minimum atomic E-state index is -0.341. The fourth-order valence-electron chi connectivity index (χ4n) is 2.17. The number of methoxy groups -OCH3 is 1. The van der Waals surface area contributed by atoms with Crippen molar-refractivity contribution < 1.29 is 14.3 Å². The Morgan fingerprint density at radius 1 is 1.63 bits per heavy atom. The molecule has 0 spiro atoms. The Balaban J connectivity index is 1.94. The van der Waals surface area contributed by atoms with Crippen LogP contribution < -0.4 is 5.32 Å². The number of hydrogen-bond acceptors (Lipinski definition) is 4. The first-order valence-electron chi connectivity index (χ1n) is 6.31. The molecule has 0 aliphatic carbocycles. The smallest absolute Gasteiger partial charge is 0.242 e. The van der Waals surface area contributed by atoms with Gasteiger partial charge in [0.1, 0.15) is 6.04 Å². The first kappa shape index (κ1) is 14.0. The minimum absolute atomic E-state index is 0.0558. The molecule has 6 heteroatoms. The molecule has 5 nitrogen and oxygen atoms in total. The number of thiophene rings is 1. The van der Waals surface area contributed by atoms with E-state index in [1.54, 1.807) is 23.3 Å². The fraction of sp³-hybridized carbons (Fsp3) is 0.538. The number of nitrogens with one attached hydrogen (secondary N) is 1. The summed E-state index contributed by atoms with van der Waals surface area (Å²) in [4.78, 5) is 26.7. The lowest BCUT2D eigenvalue weighted by atomic mass is 10.2. The highest BCUT2D eigenvalue weighted by Crippen LogP contribution is 2.23. The lowest BCUT2D eigenvalue weighted by molar-refractivity contribution is -0.135. The van der Waals surface area contributed by atoms with Crippen LogP contribution in [0.4, 0.5) is 0 Å². The quantitative estimate of drug-likeness (QED) is 0.792. The van der Waals surface area contributed by atoms with E-state index in [0.29, 0.717) is 32.5 Å². The van der Waals surface area contributed by atoms with Crippen LogP contribution in [0.2, 0.25) is 0 Å². The summed E-state index contributed by atoms with van der Waals surface area (Å²) in [5, 5.41) is 4.78. The van der Waals surface area contributed by atoms with Gasteiger partial charge in [0, 0.05) is 25.0 Å². The number of rotatable bonds is 6. The molecule has 1 aliphatic heterocycles. The maximum absolute atomic E-state index is 12.0. The van der Waals surface area contributed by atoms with Gasteiger partial charge in [-0.05, 0) is 17.9 Å². The third-order valence-corrected chi connectivity index (χ3v) is 4.00. The average Bonchev–Trinajstić information content (AvgIpc) is 3.02. The van der Waals surface area contributed by atoms with Crippen LogP contribution in [0, 0.1) is 0 Å². The van der Waals surface area contributed by atoms with Crippen LogP contribution in [0.25, 0.3) is 0 Å². The monoisotopic (exact) mass is 282 g/mol. The standard InChI is InChI=1S/C13H18N2O3S/c1-18-7-6-14-13(17)11-4-5-12(16)15(11)9-10-3-2-8-19-10/h2-3,8,11H,4-7,9H2,1H3,(H,14,17)/t11-/m0/s1. The molecule has 19 heavy (non-hydrogen) atoms. The van der Waals surface area contributed by atoms with Crippen molar-refractivity contribution in [2.75, 3.05) is 20.3 Å². The highest BCUT2D eigenvalue weighted by Gasteiger charge is 2.35. The van der Waals surface area contributed by atoms with Crippen molar-refractivity contribution in [2.45, 2.75) is 25.4 Å².